The molecular weight excluding hydrogens is 1690 g/mol. The third-order valence-electron chi connectivity index (χ3n) is 24.7. The number of aromatic nitrogens is 10. The molecule has 0 aliphatic heterocycles. The molecule has 0 aliphatic carbocycles. The van der Waals surface area contributed by atoms with Crippen molar-refractivity contribution in [1.29, 1.82) is 5.26 Å². The number of esters is 1. The number of aromatic hydroxyl groups is 1. The topological polar surface area (TPSA) is 206 Å². The molecule has 17 heteroatoms. The Morgan fingerprint density at radius 1 is 0.263 bits per heavy atom. The maximum atomic E-state index is 11.8. The molecule has 0 radical (unpaired) electrons. The molecule has 17 nitrogen and oxygen atoms in total. The summed E-state index contributed by atoms with van der Waals surface area (Å²) in [7, 11) is 3.09. The minimum absolute atomic E-state index is 0.291. The number of benzene rings is 20. The third-order valence-corrected chi connectivity index (χ3v) is 24.7. The number of carbonyl (C=O) groups excluding carboxylic acids is 1. The van der Waals surface area contributed by atoms with Crippen molar-refractivity contribution < 1.29 is 29.3 Å². The predicted molar refractivity (Wildman–Crippen MR) is 551 cm³/mol. The number of hydrogen-bond acceptors (Lipinski definition) is 11. The molecule has 25 aromatic rings. The summed E-state index contributed by atoms with van der Waals surface area (Å²) in [6.07, 6.45) is 9.33. The Morgan fingerprint density at radius 2 is 0.526 bits per heavy atom. The number of rotatable bonds is 13. The largest absolute Gasteiger partial charge is 0.508 e. The Bertz CT molecular complexity index is 8980. The summed E-state index contributed by atoms with van der Waals surface area (Å²) < 4.78 is 20.7. The lowest BCUT2D eigenvalue weighted by Gasteiger charge is -2.09. The van der Waals surface area contributed by atoms with E-state index in [0.717, 1.165) is 177 Å². The van der Waals surface area contributed by atoms with Gasteiger partial charge in [-0.2, -0.15) is 5.26 Å². The van der Waals surface area contributed by atoms with E-state index in [1.807, 2.05) is 201 Å². The molecule has 25 rings (SSSR count). The molecule has 654 valence electrons. The summed E-state index contributed by atoms with van der Waals surface area (Å²) >= 11 is 0. The fourth-order valence-electron chi connectivity index (χ4n) is 17.7. The van der Waals surface area contributed by atoms with Crippen LogP contribution >= 0.6 is 0 Å². The van der Waals surface area contributed by atoms with Gasteiger partial charge >= 0.3 is 11.9 Å². The van der Waals surface area contributed by atoms with Gasteiger partial charge in [0, 0.05) is 28.4 Å². The molecule has 0 fully saturated rings. The normalized spacial score (nSPS) is 11.1. The first-order chi connectivity index (χ1) is 67.3. The lowest BCUT2D eigenvalue weighted by Crippen LogP contribution is -2.00. The molecule has 2 N–H and O–H groups in total. The van der Waals surface area contributed by atoms with Crippen LogP contribution in [0.3, 0.4) is 0 Å². The molecule has 0 spiro atoms. The first-order valence-electron chi connectivity index (χ1n) is 44.6. The van der Waals surface area contributed by atoms with E-state index in [1.165, 1.54) is 29.0 Å². The van der Waals surface area contributed by atoms with Gasteiger partial charge in [0.2, 0.25) is 0 Å². The van der Waals surface area contributed by atoms with Gasteiger partial charge in [-0.3, -0.25) is 22.8 Å². The number of carboxylic acid groups (broad SMARTS) is 1. The second-order valence-electron chi connectivity index (χ2n) is 33.2. The SMILES string of the molecule is COC(=O)c1ccc2cc(-c3cccc(-n4cnc5ccccc54)c3)ccc2c1.COc1ccc2cc(-c3cccc(-n4cnc5ccccc54)c3)ccc2c1.N#Cc1ccc2cc(-c3cccc(-n4cnc5ccccc54)c3)ccc2c1.O=C(O)c1ccc2cc(-c3cccc(-n4cnc5ccccc54)c3)ccc2c1.Oc1ccc2cc(-c3cccc(-n4cnc5ccccc54)c3)ccc2c1. The van der Waals surface area contributed by atoms with Crippen LogP contribution in [0.25, 0.3) is 193 Å². The smallest absolute Gasteiger partial charge is 0.337 e. The van der Waals surface area contributed by atoms with Crippen molar-refractivity contribution in [2.75, 3.05) is 14.2 Å². The van der Waals surface area contributed by atoms with Crippen molar-refractivity contribution >= 4 is 121 Å². The van der Waals surface area contributed by atoms with E-state index in [9.17, 15) is 14.7 Å². The minimum Gasteiger partial charge on any atom is -0.508 e. The van der Waals surface area contributed by atoms with E-state index in [4.69, 9.17) is 19.8 Å². The highest BCUT2D eigenvalue weighted by atomic mass is 16.5. The molecule has 0 amide bonds. The van der Waals surface area contributed by atoms with Crippen molar-refractivity contribution in [1.82, 2.24) is 47.8 Å². The van der Waals surface area contributed by atoms with Crippen LogP contribution in [0.1, 0.15) is 26.3 Å². The van der Waals surface area contributed by atoms with Crippen LogP contribution in [0.5, 0.6) is 11.5 Å². The number of aromatic carboxylic acids is 1. The highest BCUT2D eigenvalue weighted by Gasteiger charge is 2.17. The second-order valence-corrected chi connectivity index (χ2v) is 33.2. The molecule has 0 bridgehead atoms. The number of carboxylic acids is 1. The Balaban J connectivity index is 0.000000102. The zero-order chi connectivity index (χ0) is 92.8. The van der Waals surface area contributed by atoms with E-state index in [1.54, 1.807) is 37.4 Å². The van der Waals surface area contributed by atoms with Gasteiger partial charge in [-0.1, -0.05) is 212 Å². The number of imidazole rings is 5. The number of phenols is 1. The summed E-state index contributed by atoms with van der Waals surface area (Å²) in [5.74, 6) is -0.0639. The summed E-state index contributed by atoms with van der Waals surface area (Å²) in [6, 6.07) is 145. The number of ether oxygens (including phenoxy) is 2. The van der Waals surface area contributed by atoms with Gasteiger partial charge in [0.15, 0.2) is 0 Å². The van der Waals surface area contributed by atoms with Crippen LogP contribution in [0.2, 0.25) is 0 Å². The fourth-order valence-corrected chi connectivity index (χ4v) is 17.7. The van der Waals surface area contributed by atoms with Crippen LogP contribution in [0, 0.1) is 11.3 Å². The Hall–Kier alpha value is -18.9. The molecule has 0 atom stereocenters. The lowest BCUT2D eigenvalue weighted by atomic mass is 9.99. The first-order valence-corrected chi connectivity index (χ1v) is 44.6. The van der Waals surface area contributed by atoms with E-state index >= 15 is 0 Å². The maximum Gasteiger partial charge on any atom is 0.337 e. The Morgan fingerprint density at radius 3 is 0.847 bits per heavy atom. The van der Waals surface area contributed by atoms with Crippen LogP contribution in [0.4, 0.5) is 0 Å². The molecule has 20 aromatic carbocycles. The molecule has 0 saturated heterocycles. The highest BCUT2D eigenvalue weighted by molar-refractivity contribution is 5.99. The van der Waals surface area contributed by atoms with Crippen molar-refractivity contribution in [3.63, 3.8) is 0 Å². The number of methoxy groups -OCH3 is 2. The zero-order valence-corrected chi connectivity index (χ0v) is 74.2. The third kappa shape index (κ3) is 17.8. The molecule has 5 heterocycles. The van der Waals surface area contributed by atoms with E-state index in [2.05, 4.69) is 278 Å². The van der Waals surface area contributed by atoms with Crippen LogP contribution in [0.15, 0.2) is 456 Å². The fraction of sp³-hybridized carbons (Fsp3) is 0.0167. The molecule has 137 heavy (non-hydrogen) atoms. The number of para-hydroxylation sites is 10. The second kappa shape index (κ2) is 37.5. The number of carbonyl (C=O) groups is 2. The minimum atomic E-state index is -0.911. The number of nitriles is 1. The molecular formula is C120H83N11O6. The monoisotopic (exact) mass is 1770 g/mol. The Kier molecular flexibility index (Phi) is 23.2. The van der Waals surface area contributed by atoms with Gasteiger partial charge in [-0.15, -0.1) is 0 Å². The van der Waals surface area contributed by atoms with Crippen molar-refractivity contribution in [2.45, 2.75) is 0 Å². The van der Waals surface area contributed by atoms with Gasteiger partial charge in [0.05, 0.1) is 92.1 Å². The number of hydrogen-bond donors (Lipinski definition) is 2. The van der Waals surface area contributed by atoms with Crippen molar-refractivity contribution in [3.05, 3.63) is 473 Å². The van der Waals surface area contributed by atoms with Crippen LogP contribution in [-0.4, -0.2) is 84.1 Å². The molecule has 0 saturated carbocycles. The summed E-state index contributed by atoms with van der Waals surface area (Å²) in [5, 5.41) is 38.6. The number of fused-ring (bicyclic) bond motifs is 10. The average molecular weight is 1780 g/mol. The van der Waals surface area contributed by atoms with Crippen LogP contribution in [-0.2, 0) is 4.74 Å². The highest BCUT2D eigenvalue weighted by Crippen LogP contribution is 2.37. The molecule has 0 aliphatic rings. The maximum absolute atomic E-state index is 11.8. The number of nitrogens with zero attached hydrogens (tertiary/aromatic N) is 11. The molecule has 0 unspecified atom stereocenters. The van der Waals surface area contributed by atoms with Crippen molar-refractivity contribution in [2.24, 2.45) is 0 Å². The van der Waals surface area contributed by atoms with Crippen molar-refractivity contribution in [3.8, 4) is 102 Å². The van der Waals surface area contributed by atoms with Gasteiger partial charge in [0.1, 0.15) is 43.1 Å². The van der Waals surface area contributed by atoms with Gasteiger partial charge in [-0.25, -0.2) is 34.5 Å². The van der Waals surface area contributed by atoms with Gasteiger partial charge in [-0.05, 0) is 322 Å². The predicted octanol–water partition coefficient (Wildman–Crippen LogP) is 28.3. The first kappa shape index (κ1) is 84.9. The van der Waals surface area contributed by atoms with Gasteiger partial charge < -0.3 is 19.7 Å². The molecule has 5 aromatic heterocycles. The summed E-state index contributed by atoms with van der Waals surface area (Å²) in [4.78, 5) is 45.4. The summed E-state index contributed by atoms with van der Waals surface area (Å²) in [5.41, 5.74) is 28.7. The number of phenolic OH excluding ortho intramolecular Hbond substituents is 1. The van der Waals surface area contributed by atoms with E-state index < -0.39 is 5.97 Å². The van der Waals surface area contributed by atoms with Gasteiger partial charge in [0.25, 0.3) is 0 Å². The summed E-state index contributed by atoms with van der Waals surface area (Å²) in [6.45, 7) is 0. The van der Waals surface area contributed by atoms with E-state index in [-0.39, 0.29) is 5.97 Å². The lowest BCUT2D eigenvalue weighted by molar-refractivity contribution is 0.0600. The standard InChI is InChI=1S/C25H18N2O2.C24H15N3.C24H16N2O2.C24H18N2O.C23H16N2O/c1-29-25(28)21-12-11-19-13-18(9-10-20(19)14-21)17-5-4-6-22(15-17)27-16-26-23-7-2-3-8-24(23)27;25-15-17-8-9-20-13-21(11-10-19(20)12-17)18-4-3-5-22(14-18)27-16-26-23-6-1-2-7-24(23)27;27-24(28)20-11-10-18-12-17(8-9-19(18)13-20)16-4-3-5-21(14-16)26-15-25-22-6-1-2-7-23(22)26;1-27-22-12-11-19-13-18(9-10-20(19)15-22)17-5-4-6-21(14-17)26-16-25-23-7-2-3-8-24(23)26;26-21-11-10-18-12-17(8-9-19(18)14-21)16-4-3-5-20(13-16)25-15-24-22-6-1-2-7-23(22)25/h2-16H,1H3;1-14,16H;1-15H,(H,27,28);2-16H,1H3;1-15,26H. The van der Waals surface area contributed by atoms with Crippen LogP contribution < -0.4 is 4.74 Å². The average Bonchev–Trinajstić information content (AvgIpc) is 1.76. The van der Waals surface area contributed by atoms with E-state index in [0.29, 0.717) is 22.4 Å². The zero-order valence-electron chi connectivity index (χ0n) is 74.2. The quantitative estimate of drug-likeness (QED) is 0.103. The Labute approximate surface area is 787 Å².